The van der Waals surface area contributed by atoms with Gasteiger partial charge < -0.3 is 20.5 Å². The van der Waals surface area contributed by atoms with E-state index in [0.29, 0.717) is 24.4 Å². The van der Waals surface area contributed by atoms with Crippen LogP contribution in [0.3, 0.4) is 0 Å². The molecule has 6 heteroatoms. The molecule has 0 fully saturated rings. The predicted octanol–water partition coefficient (Wildman–Crippen LogP) is 1.85. The third-order valence-electron chi connectivity index (χ3n) is 2.12. The zero-order valence-electron chi connectivity index (χ0n) is 10.4. The van der Waals surface area contributed by atoms with Gasteiger partial charge in [-0.15, -0.1) is 6.58 Å². The summed E-state index contributed by atoms with van der Waals surface area (Å²) in [5.74, 6) is -0.769. The molecule has 0 saturated carbocycles. The van der Waals surface area contributed by atoms with Gasteiger partial charge in [-0.2, -0.15) is 0 Å². The molecule has 1 aromatic rings. The monoisotopic (exact) mass is 264 g/mol. The molecule has 0 heterocycles. The van der Waals surface area contributed by atoms with E-state index in [1.807, 2.05) is 0 Å². The normalized spacial score (nSPS) is 9.47. The van der Waals surface area contributed by atoms with Crippen molar-refractivity contribution in [2.75, 3.05) is 18.5 Å². The van der Waals surface area contributed by atoms with Crippen molar-refractivity contribution in [1.82, 2.24) is 5.32 Å². The lowest BCUT2D eigenvalue weighted by Gasteiger charge is -2.11. The Balaban J connectivity index is 2.58. The zero-order chi connectivity index (χ0) is 14.1. The largest absolute Gasteiger partial charge is 0.480 e. The van der Waals surface area contributed by atoms with E-state index in [4.69, 9.17) is 9.84 Å². The summed E-state index contributed by atoms with van der Waals surface area (Å²) >= 11 is 0. The molecule has 1 rings (SSSR count). The van der Waals surface area contributed by atoms with Gasteiger partial charge in [0.05, 0.1) is 5.69 Å². The molecule has 0 aliphatic heterocycles. The maximum atomic E-state index is 11.5. The fraction of sp³-hybridized carbons (Fsp3) is 0.231. The number of hydrogen-bond acceptors (Lipinski definition) is 3. The quantitative estimate of drug-likeness (QED) is 0.518. The first-order valence-corrected chi connectivity index (χ1v) is 5.73. The van der Waals surface area contributed by atoms with Crippen LogP contribution in [0, 0.1) is 0 Å². The van der Waals surface area contributed by atoms with Crippen LogP contribution in [0.2, 0.25) is 0 Å². The summed E-state index contributed by atoms with van der Waals surface area (Å²) in [6.07, 6.45) is 2.37. The van der Waals surface area contributed by atoms with Crippen molar-refractivity contribution in [3.8, 4) is 5.75 Å². The summed E-state index contributed by atoms with van der Waals surface area (Å²) in [7, 11) is 0. The van der Waals surface area contributed by atoms with Gasteiger partial charge in [0.1, 0.15) is 5.75 Å². The SMILES string of the molecule is C=CCCNC(=O)Nc1ccccc1OCC(=O)O. The molecule has 0 atom stereocenters. The van der Waals surface area contributed by atoms with Crippen LogP contribution < -0.4 is 15.4 Å². The van der Waals surface area contributed by atoms with E-state index in [9.17, 15) is 9.59 Å². The standard InChI is InChI=1S/C13H16N2O4/c1-2-3-8-14-13(18)15-10-6-4-5-7-11(10)19-9-12(16)17/h2,4-7H,1,3,8-9H2,(H,16,17)(H2,14,15,18). The van der Waals surface area contributed by atoms with Crippen molar-refractivity contribution < 1.29 is 19.4 Å². The number of carbonyl (C=O) groups excluding carboxylic acids is 1. The smallest absolute Gasteiger partial charge is 0.341 e. The molecule has 2 amide bonds. The maximum Gasteiger partial charge on any atom is 0.341 e. The minimum atomic E-state index is -1.08. The summed E-state index contributed by atoms with van der Waals surface area (Å²) in [6, 6.07) is 6.24. The number of carbonyl (C=O) groups is 2. The average molecular weight is 264 g/mol. The number of nitrogens with one attached hydrogen (secondary N) is 2. The highest BCUT2D eigenvalue weighted by atomic mass is 16.5. The van der Waals surface area contributed by atoms with E-state index in [-0.39, 0.29) is 6.03 Å². The Kier molecular flexibility index (Phi) is 5.94. The molecule has 0 aliphatic carbocycles. The summed E-state index contributed by atoms with van der Waals surface area (Å²) < 4.78 is 5.07. The Morgan fingerprint density at radius 3 is 2.79 bits per heavy atom. The Morgan fingerprint density at radius 1 is 1.37 bits per heavy atom. The fourth-order valence-electron chi connectivity index (χ4n) is 1.29. The van der Waals surface area contributed by atoms with Gasteiger partial charge in [-0.3, -0.25) is 0 Å². The molecule has 19 heavy (non-hydrogen) atoms. The van der Waals surface area contributed by atoms with Gasteiger partial charge in [0.2, 0.25) is 0 Å². The molecule has 3 N–H and O–H groups in total. The first kappa shape index (κ1) is 14.6. The van der Waals surface area contributed by atoms with Crippen LogP contribution in [0.15, 0.2) is 36.9 Å². The average Bonchev–Trinajstić information content (AvgIpc) is 2.38. The van der Waals surface area contributed by atoms with Gasteiger partial charge in [-0.1, -0.05) is 18.2 Å². The number of benzene rings is 1. The Labute approximate surface area is 111 Å². The van der Waals surface area contributed by atoms with Gasteiger partial charge in [0.15, 0.2) is 6.61 Å². The Morgan fingerprint density at radius 2 is 2.11 bits per heavy atom. The first-order valence-electron chi connectivity index (χ1n) is 5.73. The summed E-state index contributed by atoms with van der Waals surface area (Å²) in [5.41, 5.74) is 0.417. The van der Waals surface area contributed by atoms with Crippen molar-refractivity contribution in [1.29, 1.82) is 0 Å². The number of aliphatic carboxylic acids is 1. The van der Waals surface area contributed by atoms with E-state index in [1.54, 1.807) is 30.3 Å². The van der Waals surface area contributed by atoms with Gasteiger partial charge in [0, 0.05) is 6.54 Å². The van der Waals surface area contributed by atoms with Crippen LogP contribution in [0.4, 0.5) is 10.5 Å². The Bertz CT molecular complexity index is 460. The van der Waals surface area contributed by atoms with Crippen molar-refractivity contribution in [3.63, 3.8) is 0 Å². The maximum absolute atomic E-state index is 11.5. The van der Waals surface area contributed by atoms with Crippen molar-refractivity contribution in [2.24, 2.45) is 0 Å². The lowest BCUT2D eigenvalue weighted by atomic mass is 10.3. The lowest BCUT2D eigenvalue weighted by molar-refractivity contribution is -0.139. The highest BCUT2D eigenvalue weighted by molar-refractivity contribution is 5.90. The van der Waals surface area contributed by atoms with Crippen LogP contribution in [-0.2, 0) is 4.79 Å². The number of anilines is 1. The minimum absolute atomic E-state index is 0.309. The predicted molar refractivity (Wildman–Crippen MR) is 71.4 cm³/mol. The molecule has 102 valence electrons. The summed E-state index contributed by atoms with van der Waals surface area (Å²) in [6.45, 7) is 3.57. The van der Waals surface area contributed by atoms with Crippen molar-refractivity contribution >= 4 is 17.7 Å². The van der Waals surface area contributed by atoms with E-state index >= 15 is 0 Å². The molecule has 0 saturated heterocycles. The van der Waals surface area contributed by atoms with Crippen LogP contribution in [0.25, 0.3) is 0 Å². The van der Waals surface area contributed by atoms with E-state index in [2.05, 4.69) is 17.2 Å². The lowest BCUT2D eigenvalue weighted by Crippen LogP contribution is -2.29. The highest BCUT2D eigenvalue weighted by Gasteiger charge is 2.08. The van der Waals surface area contributed by atoms with Crippen molar-refractivity contribution in [3.05, 3.63) is 36.9 Å². The second-order valence-electron chi connectivity index (χ2n) is 3.64. The summed E-state index contributed by atoms with van der Waals surface area (Å²) in [5, 5.41) is 13.8. The topological polar surface area (TPSA) is 87.7 Å². The number of para-hydroxylation sites is 2. The van der Waals surface area contributed by atoms with E-state index in [0.717, 1.165) is 0 Å². The van der Waals surface area contributed by atoms with E-state index < -0.39 is 12.6 Å². The number of amides is 2. The second-order valence-corrected chi connectivity index (χ2v) is 3.64. The van der Waals surface area contributed by atoms with Crippen LogP contribution in [-0.4, -0.2) is 30.3 Å². The third kappa shape index (κ3) is 5.58. The van der Waals surface area contributed by atoms with Gasteiger partial charge in [-0.25, -0.2) is 9.59 Å². The molecule has 1 aromatic carbocycles. The molecule has 0 aliphatic rings. The zero-order valence-corrected chi connectivity index (χ0v) is 10.4. The van der Waals surface area contributed by atoms with E-state index in [1.165, 1.54) is 0 Å². The highest BCUT2D eigenvalue weighted by Crippen LogP contribution is 2.23. The number of rotatable bonds is 7. The van der Waals surface area contributed by atoms with Gasteiger partial charge >= 0.3 is 12.0 Å². The molecule has 0 unspecified atom stereocenters. The van der Waals surface area contributed by atoms with Gasteiger partial charge in [0.25, 0.3) is 0 Å². The van der Waals surface area contributed by atoms with Crippen LogP contribution >= 0.6 is 0 Å². The second kappa shape index (κ2) is 7.75. The fourth-order valence-corrected chi connectivity index (χ4v) is 1.29. The molecule has 0 spiro atoms. The molecule has 6 nitrogen and oxygen atoms in total. The number of urea groups is 1. The molecule has 0 bridgehead atoms. The first-order chi connectivity index (χ1) is 9.13. The summed E-state index contributed by atoms with van der Waals surface area (Å²) in [4.78, 5) is 22.0. The molecular formula is C13H16N2O4. The minimum Gasteiger partial charge on any atom is -0.480 e. The van der Waals surface area contributed by atoms with Gasteiger partial charge in [-0.05, 0) is 18.6 Å². The molecule has 0 radical (unpaired) electrons. The van der Waals surface area contributed by atoms with Crippen LogP contribution in [0.5, 0.6) is 5.75 Å². The molecule has 0 aromatic heterocycles. The third-order valence-corrected chi connectivity index (χ3v) is 2.12. The molecular weight excluding hydrogens is 248 g/mol. The number of hydrogen-bond donors (Lipinski definition) is 3. The van der Waals surface area contributed by atoms with Crippen LogP contribution in [0.1, 0.15) is 6.42 Å². The number of ether oxygens (including phenoxy) is 1. The number of carboxylic acid groups (broad SMARTS) is 1. The number of carboxylic acids is 1. The Hall–Kier alpha value is -2.50. The van der Waals surface area contributed by atoms with Crippen molar-refractivity contribution in [2.45, 2.75) is 6.42 Å².